The van der Waals surface area contributed by atoms with Crippen molar-refractivity contribution in [2.45, 2.75) is 32.0 Å². The van der Waals surface area contributed by atoms with Crippen LogP contribution in [0.4, 0.5) is 24.7 Å². The molecule has 5 heterocycles. The fourth-order valence-electron chi connectivity index (χ4n) is 5.91. The largest absolute Gasteiger partial charge is 0.504 e. The van der Waals surface area contributed by atoms with Crippen LogP contribution in [0.25, 0.3) is 22.2 Å². The fourth-order valence-corrected chi connectivity index (χ4v) is 6.06. The molecule has 17 heteroatoms. The fraction of sp³-hybridized carbons (Fsp3) is 0.367. The maximum atomic E-state index is 15.1. The van der Waals surface area contributed by atoms with Gasteiger partial charge in [0.05, 0.1) is 29.1 Å². The van der Waals surface area contributed by atoms with Crippen molar-refractivity contribution in [2.75, 3.05) is 43.0 Å². The third-order valence-electron chi connectivity index (χ3n) is 8.43. The monoisotopic (exact) mass is 674 g/mol. The number of hydrogen-bond acceptors (Lipinski definition) is 9. The van der Waals surface area contributed by atoms with Crippen molar-refractivity contribution in [3.63, 3.8) is 0 Å². The van der Waals surface area contributed by atoms with Gasteiger partial charge in [0.15, 0.2) is 11.6 Å². The second kappa shape index (κ2) is 12.5. The number of carbonyl (C=O) groups excluding carboxylic acids is 2. The first-order valence-electron chi connectivity index (χ1n) is 14.7. The molecule has 0 saturated carbocycles. The molecule has 47 heavy (non-hydrogen) atoms. The van der Waals surface area contributed by atoms with Crippen LogP contribution in [0.15, 0.2) is 29.5 Å². The number of amides is 2. The number of nitrogens with zero attached hydrogens (tertiary/aromatic N) is 6. The number of nitrogens with two attached hydrogens (primary N) is 1. The molecule has 3 aromatic heterocycles. The lowest BCUT2D eigenvalue weighted by atomic mass is 10.0. The third-order valence-corrected chi connectivity index (χ3v) is 8.79. The molecular formula is C30H30ClF3N8O5. The zero-order valence-electron chi connectivity index (χ0n) is 25.3. The van der Waals surface area contributed by atoms with Crippen LogP contribution in [0, 0.1) is 17.6 Å². The number of halogens is 4. The van der Waals surface area contributed by atoms with Crippen LogP contribution in [0.1, 0.15) is 23.7 Å². The van der Waals surface area contributed by atoms with Gasteiger partial charge in [0.25, 0.3) is 11.5 Å². The van der Waals surface area contributed by atoms with Crippen LogP contribution in [0.5, 0.6) is 5.75 Å². The average Bonchev–Trinajstić information content (AvgIpc) is 3.36. The van der Waals surface area contributed by atoms with Crippen molar-refractivity contribution in [3.05, 3.63) is 63.2 Å². The third kappa shape index (κ3) is 5.99. The Balaban J connectivity index is 1.29. The number of phenols is 1. The highest BCUT2D eigenvalue weighted by Gasteiger charge is 2.30. The molecule has 1 unspecified atom stereocenters. The highest BCUT2D eigenvalue weighted by atomic mass is 35.5. The maximum Gasteiger partial charge on any atom is 0.263 e. The molecule has 2 atom stereocenters. The Hall–Kier alpha value is -4.67. The van der Waals surface area contributed by atoms with E-state index in [-0.39, 0.29) is 40.2 Å². The summed E-state index contributed by atoms with van der Waals surface area (Å²) in [5, 5.41) is 11.9. The van der Waals surface area contributed by atoms with Gasteiger partial charge in [-0.25, -0.2) is 14.4 Å². The number of hydrogen-bond donors (Lipinski definition) is 3. The van der Waals surface area contributed by atoms with Gasteiger partial charge in [-0.2, -0.15) is 8.78 Å². The number of aromatic hydroxyl groups is 1. The standard InChI is InChI=1S/C30H30ClF3N8O5/c1-14-9-40(10-15-3-6-47-15)4-5-42(14)20-8-19(23(31)27(34)38-20)37-21(43)12-41-11-18(22-29(41)36-13-39(2)30(22)46)16-7-17(28(35)45)26(44)25(33)24(16)32/h7-8,11,13-15,44H,3-6,9-10,12H2,1-2H3,(H2,35,45)(H,37,38,43)/t14-,15?/m0/s1. The Morgan fingerprint density at radius 1 is 1.19 bits per heavy atom. The van der Waals surface area contributed by atoms with E-state index in [1.807, 2.05) is 11.8 Å². The van der Waals surface area contributed by atoms with Crippen molar-refractivity contribution < 1.29 is 32.6 Å². The first kappa shape index (κ1) is 32.3. The topological polar surface area (TPSA) is 161 Å². The minimum absolute atomic E-state index is 0.0287. The summed E-state index contributed by atoms with van der Waals surface area (Å²) in [4.78, 5) is 50.7. The number of fused-ring (bicyclic) bond motifs is 1. The summed E-state index contributed by atoms with van der Waals surface area (Å²) in [5.41, 5.74) is 2.95. The molecule has 0 radical (unpaired) electrons. The smallest absolute Gasteiger partial charge is 0.263 e. The zero-order chi connectivity index (χ0) is 33.7. The van der Waals surface area contributed by atoms with Gasteiger partial charge < -0.3 is 34.9 Å². The molecule has 1 aromatic carbocycles. The molecule has 2 saturated heterocycles. The number of aryl methyl sites for hydroxylation is 1. The number of benzene rings is 1. The van der Waals surface area contributed by atoms with Gasteiger partial charge in [-0.15, -0.1) is 0 Å². The van der Waals surface area contributed by atoms with Gasteiger partial charge in [0.1, 0.15) is 23.0 Å². The Morgan fingerprint density at radius 3 is 2.60 bits per heavy atom. The van der Waals surface area contributed by atoms with Crippen LogP contribution in [0.2, 0.25) is 5.02 Å². The Bertz CT molecular complexity index is 1980. The summed E-state index contributed by atoms with van der Waals surface area (Å²) < 4.78 is 52.5. The molecule has 2 aliphatic heterocycles. The summed E-state index contributed by atoms with van der Waals surface area (Å²) >= 11 is 6.20. The molecule has 0 spiro atoms. The van der Waals surface area contributed by atoms with Crippen LogP contribution in [-0.4, -0.2) is 85.9 Å². The number of ether oxygens (including phenoxy) is 1. The minimum atomic E-state index is -1.75. The van der Waals surface area contributed by atoms with Gasteiger partial charge in [0.2, 0.25) is 17.7 Å². The number of pyridine rings is 1. The second-order valence-electron chi connectivity index (χ2n) is 11.6. The molecule has 4 aromatic rings. The van der Waals surface area contributed by atoms with Crippen molar-refractivity contribution >= 4 is 46.0 Å². The summed E-state index contributed by atoms with van der Waals surface area (Å²) in [6.07, 6.45) is 3.60. The van der Waals surface area contributed by atoms with Crippen LogP contribution >= 0.6 is 11.6 Å². The van der Waals surface area contributed by atoms with E-state index in [0.717, 1.165) is 30.2 Å². The predicted molar refractivity (Wildman–Crippen MR) is 166 cm³/mol. The summed E-state index contributed by atoms with van der Waals surface area (Å²) in [6.45, 7) is 5.03. The molecule has 4 N–H and O–H groups in total. The summed E-state index contributed by atoms with van der Waals surface area (Å²) in [7, 11) is 1.38. The number of piperazine rings is 1. The normalized spacial score (nSPS) is 18.4. The van der Waals surface area contributed by atoms with Crippen molar-refractivity contribution in [2.24, 2.45) is 12.8 Å². The van der Waals surface area contributed by atoms with Gasteiger partial charge in [-0.05, 0) is 19.4 Å². The number of anilines is 2. The predicted octanol–water partition coefficient (Wildman–Crippen LogP) is 2.61. The van der Waals surface area contributed by atoms with E-state index in [1.54, 1.807) is 0 Å². The van der Waals surface area contributed by atoms with E-state index in [1.165, 1.54) is 30.2 Å². The molecule has 0 bridgehead atoms. The zero-order valence-corrected chi connectivity index (χ0v) is 26.0. The second-order valence-corrected chi connectivity index (χ2v) is 12.0. The highest BCUT2D eigenvalue weighted by molar-refractivity contribution is 6.33. The molecule has 13 nitrogen and oxygen atoms in total. The van der Waals surface area contributed by atoms with Gasteiger partial charge in [-0.3, -0.25) is 19.3 Å². The average molecular weight is 675 g/mol. The minimum Gasteiger partial charge on any atom is -0.504 e. The van der Waals surface area contributed by atoms with E-state index in [0.29, 0.717) is 19.6 Å². The Morgan fingerprint density at radius 2 is 1.94 bits per heavy atom. The lowest BCUT2D eigenvalue weighted by Crippen LogP contribution is -2.54. The Kier molecular flexibility index (Phi) is 8.59. The molecule has 0 aliphatic carbocycles. The van der Waals surface area contributed by atoms with Gasteiger partial charge in [0, 0.05) is 69.3 Å². The Labute approximate surface area is 270 Å². The molecule has 248 valence electrons. The van der Waals surface area contributed by atoms with Crippen molar-refractivity contribution in [3.8, 4) is 16.9 Å². The van der Waals surface area contributed by atoms with Crippen LogP contribution < -0.4 is 21.5 Å². The molecule has 2 amide bonds. The van der Waals surface area contributed by atoms with Crippen LogP contribution in [0.3, 0.4) is 0 Å². The summed E-state index contributed by atoms with van der Waals surface area (Å²) in [5.74, 6) is -7.24. The highest BCUT2D eigenvalue weighted by Crippen LogP contribution is 2.36. The number of primary amides is 1. The number of carbonyl (C=O) groups is 2. The van der Waals surface area contributed by atoms with E-state index in [4.69, 9.17) is 22.1 Å². The van der Waals surface area contributed by atoms with Crippen molar-refractivity contribution in [1.29, 1.82) is 0 Å². The van der Waals surface area contributed by atoms with Gasteiger partial charge in [-0.1, -0.05) is 11.6 Å². The molecule has 6 rings (SSSR count). The quantitative estimate of drug-likeness (QED) is 0.239. The maximum absolute atomic E-state index is 15.1. The summed E-state index contributed by atoms with van der Waals surface area (Å²) in [6, 6.07) is 2.25. The first-order valence-corrected chi connectivity index (χ1v) is 15.0. The van der Waals surface area contributed by atoms with Crippen molar-refractivity contribution in [1.82, 2.24) is 24.0 Å². The van der Waals surface area contributed by atoms with E-state index in [9.17, 15) is 28.3 Å². The number of aromatic nitrogens is 4. The molecule has 2 fully saturated rings. The lowest BCUT2D eigenvalue weighted by Gasteiger charge is -2.42. The SMILES string of the molecule is C[C@H]1CN(CC2CCO2)CCN1c1cc(NC(=O)Cn2cc(-c3cc(C(N)=O)c(O)c(F)c3F)c3c(=O)n(C)cnc32)c(Cl)c(F)n1. The van der Waals surface area contributed by atoms with Crippen LogP contribution in [-0.2, 0) is 23.1 Å². The molecular weight excluding hydrogens is 645 g/mol. The first-order chi connectivity index (χ1) is 22.3. The molecule has 2 aliphatic rings. The lowest BCUT2D eigenvalue weighted by molar-refractivity contribution is -0.116. The van der Waals surface area contributed by atoms with E-state index >= 15 is 4.39 Å². The number of nitrogens with one attached hydrogen (secondary N) is 1. The van der Waals surface area contributed by atoms with E-state index in [2.05, 4.69) is 20.2 Å². The van der Waals surface area contributed by atoms with E-state index < -0.39 is 63.4 Å². The van der Waals surface area contributed by atoms with Gasteiger partial charge >= 0.3 is 0 Å². The number of rotatable bonds is 8.